The van der Waals surface area contributed by atoms with Crippen molar-refractivity contribution in [2.24, 2.45) is 0 Å². The zero-order valence-corrected chi connectivity index (χ0v) is 47.4. The van der Waals surface area contributed by atoms with E-state index in [-0.39, 0.29) is 47.5 Å². The Kier molecular flexibility index (Phi) is 29.7. The van der Waals surface area contributed by atoms with Crippen LogP contribution >= 0.6 is 59.1 Å². The van der Waals surface area contributed by atoms with Crippen LogP contribution in [0.3, 0.4) is 0 Å². The molecule has 0 aliphatic heterocycles. The normalized spacial score (nSPS) is 10.4. The van der Waals surface area contributed by atoms with Crippen molar-refractivity contribution in [2.75, 3.05) is 35.7 Å². The molecule has 0 spiro atoms. The number of hydrogen-bond donors (Lipinski definition) is 0. The van der Waals surface area contributed by atoms with Crippen molar-refractivity contribution in [3.8, 4) is 0 Å². The van der Waals surface area contributed by atoms with Gasteiger partial charge in [-0.2, -0.15) is 0 Å². The van der Waals surface area contributed by atoms with Gasteiger partial charge in [-0.15, -0.1) is 35.3 Å². The maximum Gasteiger partial charge on any atom is 3.00 e. The van der Waals surface area contributed by atoms with Gasteiger partial charge in [-0.25, -0.2) is 0 Å². The molecule has 0 heterocycles. The summed E-state index contributed by atoms with van der Waals surface area (Å²) >= 11 is 5.89. The number of hydrogen-bond acceptors (Lipinski definition) is 4. The summed E-state index contributed by atoms with van der Waals surface area (Å²) in [4.78, 5) is 11.6. The molecule has 1 nitrogen and oxygen atoms in total. The summed E-state index contributed by atoms with van der Waals surface area (Å²) in [6.45, 7) is 4.50. The number of carbonyl (C=O) groups excluding carboxylic acids is 1. The molecule has 0 amide bonds. The van der Waals surface area contributed by atoms with Gasteiger partial charge >= 0.3 is 19.5 Å². The van der Waals surface area contributed by atoms with E-state index in [1.165, 1.54) is 102 Å². The van der Waals surface area contributed by atoms with Crippen LogP contribution in [0.5, 0.6) is 0 Å². The summed E-state index contributed by atoms with van der Waals surface area (Å²) in [6.07, 6.45) is 7.49. The first kappa shape index (κ1) is 58.5. The third-order valence-electron chi connectivity index (χ3n) is 11.0. The van der Waals surface area contributed by atoms with E-state index in [0.717, 1.165) is 0 Å². The van der Waals surface area contributed by atoms with Gasteiger partial charge in [0.25, 0.3) is 6.79 Å². The zero-order chi connectivity index (χ0) is 49.2. The van der Waals surface area contributed by atoms with E-state index in [4.69, 9.17) is 4.79 Å². The van der Waals surface area contributed by atoms with Crippen LogP contribution in [0.2, 0.25) is 0 Å². The molecule has 72 heavy (non-hydrogen) atoms. The van der Waals surface area contributed by atoms with E-state index in [0.29, 0.717) is 0 Å². The second kappa shape index (κ2) is 36.5. The van der Waals surface area contributed by atoms with Gasteiger partial charge in [-0.1, -0.05) is 237 Å². The van der Waals surface area contributed by atoms with Crippen molar-refractivity contribution < 1.29 is 28.6 Å². The van der Waals surface area contributed by atoms with Gasteiger partial charge in [0.05, 0.1) is 0 Å². The molecule has 0 fully saturated rings. The van der Waals surface area contributed by atoms with Crippen molar-refractivity contribution in [3.05, 3.63) is 273 Å². The summed E-state index contributed by atoms with van der Waals surface area (Å²) < 4.78 is 0. The monoisotopic (exact) mass is 1140 g/mol. The van der Waals surface area contributed by atoms with Crippen LogP contribution in [0.15, 0.2) is 288 Å². The molecule has 0 aliphatic rings. The molecule has 9 aromatic rings. The second-order valence-electron chi connectivity index (χ2n) is 16.0. The Morgan fingerprint density at radius 3 is 0.583 bits per heavy atom. The first-order valence-corrected chi connectivity index (χ1v) is 31.7. The Morgan fingerprint density at radius 2 is 0.417 bits per heavy atom. The van der Waals surface area contributed by atoms with Gasteiger partial charge in [0.1, 0.15) is 0 Å². The van der Waals surface area contributed by atoms with Crippen LogP contribution in [0, 0.1) is 0 Å². The molecular weight excluding hydrogens is 1080 g/mol. The Morgan fingerprint density at radius 1 is 0.264 bits per heavy atom. The molecule has 0 atom stereocenters. The topological polar surface area (TPSA) is 17.1 Å². The maximum absolute atomic E-state index is 7.50. The van der Waals surface area contributed by atoms with Crippen molar-refractivity contribution in [1.29, 1.82) is 0 Å². The second-order valence-corrected chi connectivity index (χ2v) is 26.5. The van der Waals surface area contributed by atoms with E-state index in [1.54, 1.807) is 0 Å². The Balaban J connectivity index is 0.000000369. The summed E-state index contributed by atoms with van der Waals surface area (Å²) in [7, 11) is -0.734. The van der Waals surface area contributed by atoms with Gasteiger partial charge in [-0.3, -0.25) is 4.79 Å². The molecule has 2 radical (unpaired) electrons. The van der Waals surface area contributed by atoms with E-state index in [2.05, 4.69) is 280 Å². The fourth-order valence-corrected chi connectivity index (χ4v) is 18.0. The minimum Gasteiger partial charge on any atom is -1.00 e. The minimum atomic E-state index is -0.245. The molecule has 0 saturated carbocycles. The molecule has 8 heteroatoms. The molecule has 0 aliphatic carbocycles. The summed E-state index contributed by atoms with van der Waals surface area (Å²) in [5.41, 5.74) is 0. The van der Waals surface area contributed by atoms with Gasteiger partial charge in [-0.05, 0) is 147 Å². The average Bonchev–Trinajstić information content (AvgIpc) is 3.46. The van der Waals surface area contributed by atoms with Gasteiger partial charge in [0, 0.05) is 14.7 Å². The van der Waals surface area contributed by atoms with Crippen molar-refractivity contribution >= 4 is 97.7 Å². The van der Waals surface area contributed by atoms with Gasteiger partial charge in [0.2, 0.25) is 0 Å². The first-order valence-electron chi connectivity index (χ1n) is 24.2. The SMILES string of the molecule is [C]=O.[H-].[H-].[H-].[Rh+3].c1ccc(SCCCP(c2ccccc2)c2ccccc2)cc1.c1ccc(SCCCP(c2ccccc2)c2ccccc2)cc1.c1ccc(SCCCP(c2ccccc2)c2ccccc2)cc1. The van der Waals surface area contributed by atoms with Crippen molar-refractivity contribution in [1.82, 2.24) is 0 Å². The predicted molar refractivity (Wildman–Crippen MR) is 326 cm³/mol. The molecule has 0 saturated heterocycles. The largest absolute Gasteiger partial charge is 3.00 e. The van der Waals surface area contributed by atoms with E-state index >= 15 is 0 Å². The summed E-state index contributed by atoms with van der Waals surface area (Å²) in [5.74, 6) is 3.55. The molecule has 0 aromatic heterocycles. The average molecular weight is 1140 g/mol. The molecule has 370 valence electrons. The van der Waals surface area contributed by atoms with Crippen LogP contribution < -0.4 is 31.8 Å². The number of thioether (sulfide) groups is 3. The fourth-order valence-electron chi connectivity index (χ4n) is 7.66. The molecule has 9 aromatic carbocycles. The Hall–Kier alpha value is -4.39. The fraction of sp³-hybridized carbons (Fsp3) is 0.141. The van der Waals surface area contributed by atoms with Gasteiger partial charge < -0.3 is 4.28 Å². The van der Waals surface area contributed by atoms with Crippen LogP contribution in [-0.4, -0.2) is 42.5 Å². The van der Waals surface area contributed by atoms with Crippen LogP contribution in [0.25, 0.3) is 0 Å². The third-order valence-corrected chi connectivity index (χ3v) is 22.1. The molecule has 9 rings (SSSR count). The minimum absolute atomic E-state index is 0. The van der Waals surface area contributed by atoms with E-state index < -0.39 is 0 Å². The zero-order valence-electron chi connectivity index (χ0n) is 43.7. The smallest absolute Gasteiger partial charge is 1.00 e. The summed E-state index contributed by atoms with van der Waals surface area (Å²) in [5, 5.41) is 8.91. The Labute approximate surface area is 465 Å². The summed E-state index contributed by atoms with van der Waals surface area (Å²) in [6, 6.07) is 98.0. The number of rotatable bonds is 21. The molecular formula is C64H66OP3RhS3. The van der Waals surface area contributed by atoms with Crippen LogP contribution in [-0.2, 0) is 24.3 Å². The van der Waals surface area contributed by atoms with Crippen molar-refractivity contribution in [3.63, 3.8) is 0 Å². The van der Waals surface area contributed by atoms with Gasteiger partial charge in [0.15, 0.2) is 0 Å². The Bertz CT molecular complexity index is 2280. The first-order chi connectivity index (χ1) is 35.3. The molecule has 0 unspecified atom stereocenters. The number of benzene rings is 9. The van der Waals surface area contributed by atoms with Crippen LogP contribution in [0.4, 0.5) is 0 Å². The maximum atomic E-state index is 7.50. The standard InChI is InChI=1S/3C21H21PS.CO.Rh.3H/c3*1-4-11-19(12-5-1)22(20-13-6-2-7-14-20)17-10-18-23-21-15-8-3-9-16-21;1-2;;;;/h3*1-9,11-16H,10,17-18H2;;;;;/q;;;;+3;3*-1. The quantitative estimate of drug-likeness (QED) is 0.0308. The molecule has 0 N–H and O–H groups in total. The van der Waals surface area contributed by atoms with Crippen LogP contribution in [0.1, 0.15) is 23.5 Å². The van der Waals surface area contributed by atoms with Crippen molar-refractivity contribution in [2.45, 2.75) is 33.9 Å². The van der Waals surface area contributed by atoms with E-state index in [9.17, 15) is 0 Å². The molecule has 0 bridgehead atoms. The third kappa shape index (κ3) is 21.6. The predicted octanol–water partition coefficient (Wildman–Crippen LogP) is 15.8. The van der Waals surface area contributed by atoms with E-state index in [1.807, 2.05) is 35.3 Å².